The zero-order valence-electron chi connectivity index (χ0n) is 11.4. The van der Waals surface area contributed by atoms with E-state index in [4.69, 9.17) is 4.74 Å². The summed E-state index contributed by atoms with van der Waals surface area (Å²) in [4.78, 5) is 12.4. The van der Waals surface area contributed by atoms with Crippen molar-refractivity contribution in [2.24, 2.45) is 0 Å². The standard InChI is InChI=1S/C16H16BrNO2/c1-18-15-10-13(20-2)7-8-14(15)16(19)9-11-3-5-12(17)6-4-11/h3-8,10,18H,9H2,1-2H3. The van der Waals surface area contributed by atoms with Crippen LogP contribution in [0.3, 0.4) is 0 Å². The molecule has 0 bridgehead atoms. The Morgan fingerprint density at radius 2 is 1.90 bits per heavy atom. The van der Waals surface area contributed by atoms with Gasteiger partial charge in [0.25, 0.3) is 0 Å². The summed E-state index contributed by atoms with van der Waals surface area (Å²) < 4.78 is 6.17. The Labute approximate surface area is 127 Å². The third-order valence-corrected chi connectivity index (χ3v) is 3.60. The van der Waals surface area contributed by atoms with E-state index < -0.39 is 0 Å². The minimum absolute atomic E-state index is 0.0827. The molecule has 0 heterocycles. The predicted molar refractivity (Wildman–Crippen MR) is 84.7 cm³/mol. The molecule has 2 aromatic rings. The summed E-state index contributed by atoms with van der Waals surface area (Å²) in [6.45, 7) is 0. The van der Waals surface area contributed by atoms with Crippen LogP contribution < -0.4 is 10.1 Å². The van der Waals surface area contributed by atoms with Gasteiger partial charge in [-0.15, -0.1) is 0 Å². The van der Waals surface area contributed by atoms with Crippen molar-refractivity contribution in [3.8, 4) is 5.75 Å². The highest BCUT2D eigenvalue weighted by Gasteiger charge is 2.12. The first-order chi connectivity index (χ1) is 9.63. The van der Waals surface area contributed by atoms with Gasteiger partial charge in [0.15, 0.2) is 5.78 Å². The highest BCUT2D eigenvalue weighted by atomic mass is 79.9. The first kappa shape index (κ1) is 14.6. The molecule has 3 nitrogen and oxygen atoms in total. The molecule has 2 aromatic carbocycles. The van der Waals surface area contributed by atoms with Gasteiger partial charge in [-0.3, -0.25) is 4.79 Å². The van der Waals surface area contributed by atoms with Gasteiger partial charge in [-0.2, -0.15) is 0 Å². The minimum Gasteiger partial charge on any atom is -0.497 e. The number of hydrogen-bond acceptors (Lipinski definition) is 3. The Balaban J connectivity index is 2.22. The number of nitrogens with one attached hydrogen (secondary N) is 1. The smallest absolute Gasteiger partial charge is 0.169 e. The molecule has 0 fully saturated rings. The maximum atomic E-state index is 12.4. The van der Waals surface area contributed by atoms with Gasteiger partial charge in [-0.25, -0.2) is 0 Å². The van der Waals surface area contributed by atoms with Crippen LogP contribution in [-0.2, 0) is 6.42 Å². The zero-order valence-corrected chi connectivity index (χ0v) is 13.0. The van der Waals surface area contributed by atoms with E-state index in [2.05, 4.69) is 21.2 Å². The Bertz CT molecular complexity index is 608. The molecular formula is C16H16BrNO2. The second kappa shape index (κ2) is 6.57. The number of benzene rings is 2. The number of anilines is 1. The van der Waals surface area contributed by atoms with E-state index in [0.717, 1.165) is 21.5 Å². The third-order valence-electron chi connectivity index (χ3n) is 3.07. The van der Waals surface area contributed by atoms with Gasteiger partial charge >= 0.3 is 0 Å². The van der Waals surface area contributed by atoms with E-state index in [1.54, 1.807) is 26.3 Å². The van der Waals surface area contributed by atoms with Crippen LogP contribution in [0.4, 0.5) is 5.69 Å². The number of carbonyl (C=O) groups excluding carboxylic acids is 1. The number of carbonyl (C=O) groups is 1. The van der Waals surface area contributed by atoms with Gasteiger partial charge in [-0.1, -0.05) is 28.1 Å². The van der Waals surface area contributed by atoms with Gasteiger partial charge in [0.05, 0.1) is 7.11 Å². The molecule has 0 radical (unpaired) electrons. The second-order valence-electron chi connectivity index (χ2n) is 4.39. The zero-order chi connectivity index (χ0) is 14.5. The molecule has 0 amide bonds. The molecule has 104 valence electrons. The van der Waals surface area contributed by atoms with Crippen molar-refractivity contribution in [1.29, 1.82) is 0 Å². The van der Waals surface area contributed by atoms with Gasteiger partial charge < -0.3 is 10.1 Å². The van der Waals surface area contributed by atoms with E-state index in [9.17, 15) is 4.79 Å². The van der Waals surface area contributed by atoms with Crippen LogP contribution in [0, 0.1) is 0 Å². The molecular weight excluding hydrogens is 318 g/mol. The monoisotopic (exact) mass is 333 g/mol. The number of halogens is 1. The first-order valence-electron chi connectivity index (χ1n) is 6.27. The molecule has 0 aliphatic carbocycles. The van der Waals surface area contributed by atoms with E-state index in [1.165, 1.54) is 0 Å². The maximum absolute atomic E-state index is 12.4. The molecule has 0 atom stereocenters. The summed E-state index contributed by atoms with van der Waals surface area (Å²) in [5.74, 6) is 0.814. The van der Waals surface area contributed by atoms with Crippen molar-refractivity contribution in [1.82, 2.24) is 0 Å². The number of ether oxygens (including phenoxy) is 1. The summed E-state index contributed by atoms with van der Waals surface area (Å²) in [6, 6.07) is 13.2. The number of methoxy groups -OCH3 is 1. The molecule has 0 unspecified atom stereocenters. The molecule has 4 heteroatoms. The van der Waals surface area contributed by atoms with Crippen LogP contribution >= 0.6 is 15.9 Å². The molecule has 2 rings (SSSR count). The average molecular weight is 334 g/mol. The van der Waals surface area contributed by atoms with Crippen LogP contribution in [0.5, 0.6) is 5.75 Å². The van der Waals surface area contributed by atoms with Crippen molar-refractivity contribution < 1.29 is 9.53 Å². The summed E-state index contributed by atoms with van der Waals surface area (Å²) >= 11 is 3.39. The lowest BCUT2D eigenvalue weighted by Crippen LogP contribution is -2.07. The molecule has 0 aromatic heterocycles. The lowest BCUT2D eigenvalue weighted by Gasteiger charge is -2.10. The van der Waals surface area contributed by atoms with E-state index in [0.29, 0.717) is 12.0 Å². The molecule has 1 N–H and O–H groups in total. The fourth-order valence-electron chi connectivity index (χ4n) is 1.98. The van der Waals surface area contributed by atoms with Crippen molar-refractivity contribution in [2.45, 2.75) is 6.42 Å². The number of ketones is 1. The van der Waals surface area contributed by atoms with Crippen molar-refractivity contribution >= 4 is 27.4 Å². The fraction of sp³-hybridized carbons (Fsp3) is 0.188. The highest BCUT2D eigenvalue weighted by molar-refractivity contribution is 9.10. The van der Waals surface area contributed by atoms with Crippen molar-refractivity contribution in [3.63, 3.8) is 0 Å². The average Bonchev–Trinajstić information content (AvgIpc) is 2.48. The number of rotatable bonds is 5. The van der Waals surface area contributed by atoms with Gasteiger partial charge in [0.2, 0.25) is 0 Å². The van der Waals surface area contributed by atoms with Crippen LogP contribution in [0.1, 0.15) is 15.9 Å². The van der Waals surface area contributed by atoms with E-state index >= 15 is 0 Å². The van der Waals surface area contributed by atoms with Gasteiger partial charge in [0, 0.05) is 35.3 Å². The Morgan fingerprint density at radius 1 is 1.20 bits per heavy atom. The quantitative estimate of drug-likeness (QED) is 0.842. The molecule has 0 saturated heterocycles. The molecule has 0 saturated carbocycles. The summed E-state index contributed by atoms with van der Waals surface area (Å²) in [5.41, 5.74) is 2.46. The van der Waals surface area contributed by atoms with Gasteiger partial charge in [-0.05, 0) is 29.8 Å². The van der Waals surface area contributed by atoms with Crippen molar-refractivity contribution in [3.05, 3.63) is 58.1 Å². The van der Waals surface area contributed by atoms with Crippen LogP contribution in [0.2, 0.25) is 0 Å². The normalized spacial score (nSPS) is 10.2. The largest absolute Gasteiger partial charge is 0.497 e. The fourth-order valence-corrected chi connectivity index (χ4v) is 2.25. The Morgan fingerprint density at radius 3 is 2.50 bits per heavy atom. The lowest BCUT2D eigenvalue weighted by atomic mass is 10.0. The lowest BCUT2D eigenvalue weighted by molar-refractivity contribution is 0.0993. The second-order valence-corrected chi connectivity index (χ2v) is 5.30. The number of hydrogen-bond donors (Lipinski definition) is 1. The Kier molecular flexibility index (Phi) is 4.79. The van der Waals surface area contributed by atoms with Crippen LogP contribution in [-0.4, -0.2) is 19.9 Å². The molecule has 0 aliphatic heterocycles. The molecule has 20 heavy (non-hydrogen) atoms. The molecule has 0 spiro atoms. The van der Waals surface area contributed by atoms with E-state index in [1.807, 2.05) is 30.3 Å². The third kappa shape index (κ3) is 3.39. The van der Waals surface area contributed by atoms with Gasteiger partial charge in [0.1, 0.15) is 5.75 Å². The topological polar surface area (TPSA) is 38.3 Å². The van der Waals surface area contributed by atoms with E-state index in [-0.39, 0.29) is 5.78 Å². The first-order valence-corrected chi connectivity index (χ1v) is 7.06. The summed E-state index contributed by atoms with van der Waals surface area (Å²) in [7, 11) is 3.41. The minimum atomic E-state index is 0.0827. The van der Waals surface area contributed by atoms with Crippen LogP contribution in [0.25, 0.3) is 0 Å². The Hall–Kier alpha value is -1.81. The SMILES string of the molecule is CNc1cc(OC)ccc1C(=O)Cc1ccc(Br)cc1. The summed E-state index contributed by atoms with van der Waals surface area (Å²) in [6.07, 6.45) is 0.383. The van der Waals surface area contributed by atoms with Crippen LogP contribution in [0.15, 0.2) is 46.9 Å². The predicted octanol–water partition coefficient (Wildman–Crippen LogP) is 3.92. The number of Topliss-reactive ketones (excluding diaryl/α,β-unsaturated/α-hetero) is 1. The highest BCUT2D eigenvalue weighted by Crippen LogP contribution is 2.23. The maximum Gasteiger partial charge on any atom is 0.169 e. The molecule has 0 aliphatic rings. The summed E-state index contributed by atoms with van der Waals surface area (Å²) in [5, 5.41) is 3.04. The van der Waals surface area contributed by atoms with Crippen molar-refractivity contribution in [2.75, 3.05) is 19.5 Å².